The number of aliphatic hydroxyl groups excluding tert-OH is 2. The van der Waals surface area contributed by atoms with Crippen LogP contribution in [-0.2, 0) is 9.30 Å². The van der Waals surface area contributed by atoms with Crippen LogP contribution in [0.2, 0.25) is 0 Å². The molecule has 1 aliphatic heterocycles. The number of aromatic nitrogens is 2. The first-order valence-electron chi connectivity index (χ1n) is 5.87. The number of aliphatic hydroxyl groups is 2. The van der Waals surface area contributed by atoms with E-state index in [2.05, 4.69) is 4.98 Å². The molecule has 1 aromatic heterocycles. The summed E-state index contributed by atoms with van der Waals surface area (Å²) in [7, 11) is -4.64. The second-order valence-electron chi connectivity index (χ2n) is 4.37. The first-order chi connectivity index (χ1) is 10.0. The second kappa shape index (κ2) is 7.26. The molecule has 2 rings (SSSR count). The van der Waals surface area contributed by atoms with E-state index in [1.807, 2.05) is 0 Å². The highest BCUT2D eigenvalue weighted by molar-refractivity contribution is 7.45. The van der Waals surface area contributed by atoms with E-state index in [1.165, 1.54) is 12.3 Å². The zero-order valence-corrected chi connectivity index (χ0v) is 12.0. The number of nitrogens with zero attached hydrogens (tertiary/aromatic N) is 2. The predicted octanol–water partition coefficient (Wildman–Crippen LogP) is -3.53. The maximum absolute atomic E-state index is 11.6. The van der Waals surface area contributed by atoms with Gasteiger partial charge in [-0.25, -0.2) is 9.36 Å². The molecule has 1 fully saturated rings. The molecular formula is C9H17N4O8P. The Morgan fingerprint density at radius 2 is 1.95 bits per heavy atom. The standard InChI is InChI=1S/C9H14N4O4.H3O4P/c10-5-1-2-13(9(16)12-5)8-6(11)7(15)4(3-14)17-8;1-5(2,3)4/h1-2,4,6-8,14-15H,3,11H2,(H2,10,12,16);(H3,1,2,3,4)/t4-,6?,7-,8-;/m1./s1. The van der Waals surface area contributed by atoms with Crippen molar-refractivity contribution in [1.29, 1.82) is 0 Å². The molecular weight excluding hydrogens is 323 g/mol. The summed E-state index contributed by atoms with van der Waals surface area (Å²) in [5.74, 6) is 0.0945. The maximum atomic E-state index is 11.6. The van der Waals surface area contributed by atoms with Crippen LogP contribution in [-0.4, -0.2) is 59.3 Å². The van der Waals surface area contributed by atoms with Crippen molar-refractivity contribution < 1.29 is 34.2 Å². The van der Waals surface area contributed by atoms with Gasteiger partial charge in [0.05, 0.1) is 12.6 Å². The highest BCUT2D eigenvalue weighted by Gasteiger charge is 2.42. The number of anilines is 1. The Hall–Kier alpha value is -1.37. The van der Waals surface area contributed by atoms with E-state index in [-0.39, 0.29) is 12.4 Å². The highest BCUT2D eigenvalue weighted by atomic mass is 31.2. The fourth-order valence-corrected chi connectivity index (χ4v) is 1.79. The van der Waals surface area contributed by atoms with Crippen molar-refractivity contribution in [3.05, 3.63) is 22.7 Å². The van der Waals surface area contributed by atoms with E-state index >= 15 is 0 Å². The van der Waals surface area contributed by atoms with Gasteiger partial charge in [-0.1, -0.05) is 0 Å². The van der Waals surface area contributed by atoms with Gasteiger partial charge < -0.3 is 41.1 Å². The Balaban J connectivity index is 0.000000422. The minimum absolute atomic E-state index is 0.0945. The van der Waals surface area contributed by atoms with Gasteiger partial charge in [-0.2, -0.15) is 4.98 Å². The van der Waals surface area contributed by atoms with Crippen LogP contribution >= 0.6 is 7.82 Å². The van der Waals surface area contributed by atoms with Gasteiger partial charge in [0.15, 0.2) is 6.23 Å². The quantitative estimate of drug-likeness (QED) is 0.262. The van der Waals surface area contributed by atoms with Crippen molar-refractivity contribution in [1.82, 2.24) is 9.55 Å². The van der Waals surface area contributed by atoms with Crippen LogP contribution in [0.3, 0.4) is 0 Å². The molecule has 22 heavy (non-hydrogen) atoms. The molecule has 4 atom stereocenters. The van der Waals surface area contributed by atoms with E-state index in [0.717, 1.165) is 4.57 Å². The molecule has 1 aliphatic rings. The number of ether oxygens (including phenoxy) is 1. The lowest BCUT2D eigenvalue weighted by Gasteiger charge is -2.17. The Morgan fingerprint density at radius 3 is 2.36 bits per heavy atom. The van der Waals surface area contributed by atoms with Gasteiger partial charge in [0.2, 0.25) is 0 Å². The van der Waals surface area contributed by atoms with Crippen LogP contribution < -0.4 is 17.2 Å². The highest BCUT2D eigenvalue weighted by Crippen LogP contribution is 2.26. The molecule has 13 heteroatoms. The molecule has 1 aromatic rings. The lowest BCUT2D eigenvalue weighted by molar-refractivity contribution is -0.0464. The molecule has 0 radical (unpaired) electrons. The fourth-order valence-electron chi connectivity index (χ4n) is 1.79. The van der Waals surface area contributed by atoms with Gasteiger partial charge in [0, 0.05) is 6.20 Å². The minimum Gasteiger partial charge on any atom is -0.394 e. The summed E-state index contributed by atoms with van der Waals surface area (Å²) in [5.41, 5.74) is 10.5. The molecule has 0 aliphatic carbocycles. The Bertz CT molecular complexity index is 595. The van der Waals surface area contributed by atoms with Crippen LogP contribution in [0.4, 0.5) is 5.82 Å². The third-order valence-electron chi connectivity index (χ3n) is 2.72. The van der Waals surface area contributed by atoms with Crippen LogP contribution in [0.5, 0.6) is 0 Å². The lowest BCUT2D eigenvalue weighted by Crippen LogP contribution is -2.42. The minimum atomic E-state index is -4.64. The van der Waals surface area contributed by atoms with Crippen molar-refractivity contribution in [3.8, 4) is 0 Å². The molecule has 0 amide bonds. The number of hydrogen-bond acceptors (Lipinski definition) is 8. The molecule has 2 heterocycles. The van der Waals surface area contributed by atoms with Gasteiger partial charge >= 0.3 is 13.5 Å². The fraction of sp³-hybridized carbons (Fsp3) is 0.556. The van der Waals surface area contributed by atoms with E-state index < -0.39 is 38.0 Å². The smallest absolute Gasteiger partial charge is 0.394 e. The van der Waals surface area contributed by atoms with Crippen molar-refractivity contribution in [3.63, 3.8) is 0 Å². The van der Waals surface area contributed by atoms with Crippen molar-refractivity contribution >= 4 is 13.6 Å². The van der Waals surface area contributed by atoms with Crippen LogP contribution in [0.15, 0.2) is 17.1 Å². The number of phosphoric acid groups is 1. The summed E-state index contributed by atoms with van der Waals surface area (Å²) >= 11 is 0. The Morgan fingerprint density at radius 1 is 1.41 bits per heavy atom. The molecule has 126 valence electrons. The Labute approximate surface area is 123 Å². The average Bonchev–Trinajstić information content (AvgIpc) is 2.64. The summed E-state index contributed by atoms with van der Waals surface area (Å²) in [6.07, 6.45) is -1.31. The molecule has 1 saturated heterocycles. The number of rotatable bonds is 2. The molecule has 0 saturated carbocycles. The monoisotopic (exact) mass is 340 g/mol. The SMILES string of the molecule is Nc1ccn([C@@H]2O[C@H](CO)[C@@H](O)C2N)c(=O)n1.O=P(O)(O)O. The van der Waals surface area contributed by atoms with E-state index in [4.69, 9.17) is 40.6 Å². The Kier molecular flexibility index (Phi) is 6.17. The van der Waals surface area contributed by atoms with Crippen LogP contribution in [0.1, 0.15) is 6.23 Å². The molecule has 0 aromatic carbocycles. The normalized spacial score (nSPS) is 28.1. The van der Waals surface area contributed by atoms with E-state index in [1.54, 1.807) is 0 Å². The van der Waals surface area contributed by atoms with E-state index in [0.29, 0.717) is 0 Å². The van der Waals surface area contributed by atoms with Crippen LogP contribution in [0, 0.1) is 0 Å². The molecule has 12 nitrogen and oxygen atoms in total. The largest absolute Gasteiger partial charge is 0.466 e. The summed E-state index contributed by atoms with van der Waals surface area (Å²) in [6.45, 7) is -0.373. The summed E-state index contributed by atoms with van der Waals surface area (Å²) in [6, 6.07) is 0.617. The number of nitrogens with two attached hydrogens (primary N) is 2. The third-order valence-corrected chi connectivity index (χ3v) is 2.72. The zero-order chi connectivity index (χ0) is 17.1. The lowest BCUT2D eigenvalue weighted by atomic mass is 10.1. The average molecular weight is 340 g/mol. The van der Waals surface area contributed by atoms with E-state index in [9.17, 15) is 9.90 Å². The number of hydrogen-bond donors (Lipinski definition) is 7. The van der Waals surface area contributed by atoms with Crippen LogP contribution in [0.25, 0.3) is 0 Å². The van der Waals surface area contributed by atoms with Gasteiger partial charge in [-0.3, -0.25) is 4.57 Å². The zero-order valence-electron chi connectivity index (χ0n) is 11.1. The summed E-state index contributed by atoms with van der Waals surface area (Å²) in [4.78, 5) is 36.7. The molecule has 0 bridgehead atoms. The molecule has 1 unspecified atom stereocenters. The van der Waals surface area contributed by atoms with Crippen molar-refractivity contribution in [2.45, 2.75) is 24.5 Å². The van der Waals surface area contributed by atoms with Gasteiger partial charge in [-0.15, -0.1) is 0 Å². The number of nitrogen functional groups attached to an aromatic ring is 1. The summed E-state index contributed by atoms with van der Waals surface area (Å²) < 4.78 is 15.3. The van der Waals surface area contributed by atoms with Crippen molar-refractivity contribution in [2.24, 2.45) is 5.73 Å². The van der Waals surface area contributed by atoms with Gasteiger partial charge in [-0.05, 0) is 6.07 Å². The maximum Gasteiger partial charge on any atom is 0.466 e. The predicted molar refractivity (Wildman–Crippen MR) is 72.2 cm³/mol. The van der Waals surface area contributed by atoms with Gasteiger partial charge in [0.1, 0.15) is 18.0 Å². The molecule has 0 spiro atoms. The van der Waals surface area contributed by atoms with Crippen molar-refractivity contribution in [2.75, 3.05) is 12.3 Å². The topological polar surface area (TPSA) is 214 Å². The second-order valence-corrected chi connectivity index (χ2v) is 5.40. The van der Waals surface area contributed by atoms with Gasteiger partial charge in [0.25, 0.3) is 0 Å². The third kappa shape index (κ3) is 5.12. The first-order valence-corrected chi connectivity index (χ1v) is 7.44. The summed E-state index contributed by atoms with van der Waals surface area (Å²) in [5, 5.41) is 18.6. The first kappa shape index (κ1) is 18.7. The molecule has 9 N–H and O–H groups in total.